The average molecular weight is 423 g/mol. The van der Waals surface area contributed by atoms with Crippen molar-refractivity contribution < 1.29 is 4.79 Å². The van der Waals surface area contributed by atoms with Crippen LogP contribution in [0.5, 0.6) is 0 Å². The summed E-state index contributed by atoms with van der Waals surface area (Å²) in [5, 5.41) is 3.76. The van der Waals surface area contributed by atoms with Crippen LogP contribution in [0.1, 0.15) is 52.7 Å². The van der Waals surface area contributed by atoms with Crippen LogP contribution in [0.15, 0.2) is 59.1 Å². The molecule has 3 atom stereocenters. The van der Waals surface area contributed by atoms with Crippen LogP contribution in [0.25, 0.3) is 0 Å². The quantitative estimate of drug-likeness (QED) is 0.646. The third-order valence-electron chi connectivity index (χ3n) is 6.23. The van der Waals surface area contributed by atoms with Crippen molar-refractivity contribution in [1.29, 1.82) is 0 Å². The Hall–Kier alpha value is -2.07. The van der Waals surface area contributed by atoms with E-state index in [1.54, 1.807) is 0 Å². The summed E-state index contributed by atoms with van der Waals surface area (Å²) in [4.78, 5) is 14.8. The molecule has 0 aromatic heterocycles. The van der Waals surface area contributed by atoms with Crippen molar-refractivity contribution in [1.82, 2.24) is 4.90 Å². The number of likely N-dealkylation sites (tertiary alicyclic amines) is 1. The Balaban J connectivity index is 1.49. The molecule has 2 aliphatic heterocycles. The van der Waals surface area contributed by atoms with E-state index in [1.165, 1.54) is 11.1 Å². The van der Waals surface area contributed by atoms with Crippen LogP contribution in [-0.2, 0) is 0 Å². The van der Waals surface area contributed by atoms with Gasteiger partial charge >= 0.3 is 0 Å². The maximum atomic E-state index is 12.8. The molecule has 1 fully saturated rings. The van der Waals surface area contributed by atoms with Gasteiger partial charge in [0.1, 0.15) is 0 Å². The van der Waals surface area contributed by atoms with Crippen molar-refractivity contribution >= 4 is 27.5 Å². The Morgan fingerprint density at radius 3 is 2.63 bits per heavy atom. The maximum Gasteiger partial charge on any atom is 0.253 e. The second-order valence-corrected chi connectivity index (χ2v) is 8.74. The van der Waals surface area contributed by atoms with Crippen LogP contribution < -0.4 is 5.32 Å². The van der Waals surface area contributed by atoms with Gasteiger partial charge < -0.3 is 10.2 Å². The molecule has 2 aromatic carbocycles. The van der Waals surface area contributed by atoms with Gasteiger partial charge in [0.05, 0.1) is 6.04 Å². The summed E-state index contributed by atoms with van der Waals surface area (Å²) in [5.74, 6) is 1.06. The van der Waals surface area contributed by atoms with Gasteiger partial charge in [0.2, 0.25) is 0 Å². The van der Waals surface area contributed by atoms with Crippen molar-refractivity contribution in [2.45, 2.75) is 31.2 Å². The van der Waals surface area contributed by atoms with Gasteiger partial charge in [0.15, 0.2) is 0 Å². The third kappa shape index (κ3) is 3.00. The van der Waals surface area contributed by atoms with Crippen LogP contribution >= 0.6 is 15.9 Å². The number of amides is 1. The molecule has 4 heteroatoms. The van der Waals surface area contributed by atoms with E-state index in [1.807, 2.05) is 11.0 Å². The summed E-state index contributed by atoms with van der Waals surface area (Å²) < 4.78 is 1.11. The largest absolute Gasteiger partial charge is 0.378 e. The lowest BCUT2D eigenvalue weighted by atomic mass is 9.76. The second-order valence-electron chi connectivity index (χ2n) is 7.83. The Labute approximate surface area is 168 Å². The number of nitrogens with one attached hydrogen (secondary N) is 1. The lowest BCUT2D eigenvalue weighted by molar-refractivity contribution is 0.0792. The van der Waals surface area contributed by atoms with E-state index < -0.39 is 0 Å². The van der Waals surface area contributed by atoms with Crippen molar-refractivity contribution in [2.24, 2.45) is 5.92 Å². The lowest BCUT2D eigenvalue weighted by Crippen LogP contribution is -2.30. The molecule has 1 amide bonds. The number of hydrogen-bond acceptors (Lipinski definition) is 2. The predicted molar refractivity (Wildman–Crippen MR) is 112 cm³/mol. The zero-order valence-electron chi connectivity index (χ0n) is 15.2. The summed E-state index contributed by atoms with van der Waals surface area (Å²) in [7, 11) is 0. The Kier molecular flexibility index (Phi) is 4.31. The van der Waals surface area contributed by atoms with Crippen LogP contribution in [0.4, 0.5) is 5.69 Å². The molecule has 5 rings (SSSR count). The second kappa shape index (κ2) is 6.83. The molecule has 0 saturated carbocycles. The first-order valence-electron chi connectivity index (χ1n) is 9.82. The zero-order chi connectivity index (χ0) is 18.4. The van der Waals surface area contributed by atoms with Crippen molar-refractivity contribution in [3.63, 3.8) is 0 Å². The van der Waals surface area contributed by atoms with Crippen LogP contribution in [0, 0.1) is 5.92 Å². The smallest absolute Gasteiger partial charge is 0.253 e. The molecule has 1 saturated heterocycles. The highest BCUT2D eigenvalue weighted by Gasteiger charge is 2.38. The summed E-state index contributed by atoms with van der Waals surface area (Å²) in [6.07, 6.45) is 7.95. The number of hydrogen-bond donors (Lipinski definition) is 1. The number of rotatable bonds is 2. The van der Waals surface area contributed by atoms with Gasteiger partial charge in [0.25, 0.3) is 5.91 Å². The SMILES string of the molecule is O=C(c1ccc2c(c1)[C@@H]1C=CC[C@H]1[C@@H](c1ccc(Br)cc1)N2)N1CCCC1. The molecule has 2 aromatic rings. The number of allylic oxidation sites excluding steroid dienone is 2. The molecular weight excluding hydrogens is 400 g/mol. The molecule has 0 spiro atoms. The minimum atomic E-state index is 0.184. The van der Waals surface area contributed by atoms with Crippen LogP contribution in [0.3, 0.4) is 0 Å². The molecule has 3 nitrogen and oxygen atoms in total. The molecule has 0 unspecified atom stereocenters. The van der Waals surface area contributed by atoms with Gasteiger partial charge in [-0.3, -0.25) is 4.79 Å². The van der Waals surface area contributed by atoms with E-state index in [-0.39, 0.29) is 5.91 Å². The van der Waals surface area contributed by atoms with E-state index >= 15 is 0 Å². The van der Waals surface area contributed by atoms with Gasteiger partial charge in [-0.15, -0.1) is 0 Å². The number of carbonyl (C=O) groups is 1. The average Bonchev–Trinajstić information content (AvgIpc) is 3.39. The third-order valence-corrected chi connectivity index (χ3v) is 6.76. The fraction of sp³-hybridized carbons (Fsp3) is 0.348. The molecular formula is C23H23BrN2O. The highest BCUT2D eigenvalue weighted by Crippen LogP contribution is 2.50. The standard InChI is InChI=1S/C23H23BrN2O/c24-17-9-6-15(7-10-17)22-19-5-3-4-18(19)20-14-16(8-11-21(20)25-22)23(27)26-12-1-2-13-26/h3-4,6-11,14,18-19,22,25H,1-2,5,12-13H2/t18-,19-,22-/m1/s1. The molecule has 27 heavy (non-hydrogen) atoms. The van der Waals surface area contributed by atoms with E-state index in [0.29, 0.717) is 17.9 Å². The van der Waals surface area contributed by atoms with Crippen LogP contribution in [-0.4, -0.2) is 23.9 Å². The molecule has 2 heterocycles. The molecule has 1 N–H and O–H groups in total. The normalized spacial score (nSPS) is 25.8. The van der Waals surface area contributed by atoms with Crippen molar-refractivity contribution in [3.8, 4) is 0 Å². The Bertz CT molecular complexity index is 899. The Morgan fingerprint density at radius 1 is 1.07 bits per heavy atom. The van der Waals surface area contributed by atoms with Gasteiger partial charge in [-0.25, -0.2) is 0 Å². The maximum absolute atomic E-state index is 12.8. The monoisotopic (exact) mass is 422 g/mol. The summed E-state index contributed by atoms with van der Waals surface area (Å²) in [5.41, 5.74) is 4.58. The van der Waals surface area contributed by atoms with Gasteiger partial charge in [-0.2, -0.15) is 0 Å². The van der Waals surface area contributed by atoms with E-state index in [0.717, 1.165) is 48.1 Å². The number of nitrogens with zero attached hydrogens (tertiary/aromatic N) is 1. The molecule has 3 aliphatic rings. The highest BCUT2D eigenvalue weighted by molar-refractivity contribution is 9.10. The van der Waals surface area contributed by atoms with E-state index in [9.17, 15) is 4.79 Å². The number of fused-ring (bicyclic) bond motifs is 3. The topological polar surface area (TPSA) is 32.3 Å². The summed E-state index contributed by atoms with van der Waals surface area (Å²) >= 11 is 3.53. The first kappa shape index (κ1) is 17.1. The zero-order valence-corrected chi connectivity index (χ0v) is 16.8. The van der Waals surface area contributed by atoms with Gasteiger partial charge in [-0.1, -0.05) is 40.2 Å². The van der Waals surface area contributed by atoms with Crippen molar-refractivity contribution in [3.05, 3.63) is 75.8 Å². The number of carbonyl (C=O) groups excluding carboxylic acids is 1. The van der Waals surface area contributed by atoms with Crippen LogP contribution in [0.2, 0.25) is 0 Å². The first-order chi connectivity index (χ1) is 13.2. The minimum absolute atomic E-state index is 0.184. The lowest BCUT2D eigenvalue weighted by Gasteiger charge is -2.38. The highest BCUT2D eigenvalue weighted by atomic mass is 79.9. The van der Waals surface area contributed by atoms with Gasteiger partial charge in [-0.05, 0) is 66.6 Å². The van der Waals surface area contributed by atoms with E-state index in [4.69, 9.17) is 0 Å². The Morgan fingerprint density at radius 2 is 1.85 bits per heavy atom. The van der Waals surface area contributed by atoms with Crippen molar-refractivity contribution in [2.75, 3.05) is 18.4 Å². The number of benzene rings is 2. The minimum Gasteiger partial charge on any atom is -0.378 e. The molecule has 0 bridgehead atoms. The molecule has 1 aliphatic carbocycles. The molecule has 0 radical (unpaired) electrons. The first-order valence-corrected chi connectivity index (χ1v) is 10.6. The predicted octanol–water partition coefficient (Wildman–Crippen LogP) is 5.51. The fourth-order valence-corrected chi connectivity index (χ4v) is 5.09. The number of halogens is 1. The van der Waals surface area contributed by atoms with Gasteiger partial charge in [0, 0.05) is 34.7 Å². The number of anilines is 1. The summed E-state index contributed by atoms with van der Waals surface area (Å²) in [6.45, 7) is 1.79. The van der Waals surface area contributed by atoms with E-state index in [2.05, 4.69) is 69.8 Å². The molecule has 138 valence electrons. The summed E-state index contributed by atoms with van der Waals surface area (Å²) in [6, 6.07) is 15.2. The fourth-order valence-electron chi connectivity index (χ4n) is 4.83.